The van der Waals surface area contributed by atoms with Crippen LogP contribution in [0.3, 0.4) is 0 Å². The molecular formula is C27H30N2O5. The first-order valence-corrected chi connectivity index (χ1v) is 11.2. The molecule has 178 valence electrons. The lowest BCUT2D eigenvalue weighted by atomic mass is 10.1. The second-order valence-electron chi connectivity index (χ2n) is 8.03. The Morgan fingerprint density at radius 2 is 1.82 bits per heavy atom. The molecule has 0 aromatic heterocycles. The minimum absolute atomic E-state index is 0.354. The highest BCUT2D eigenvalue weighted by Gasteiger charge is 2.26. The summed E-state index contributed by atoms with van der Waals surface area (Å²) in [6, 6.07) is 14.0. The number of morpholine rings is 1. The van der Waals surface area contributed by atoms with Gasteiger partial charge in [0.05, 0.1) is 26.4 Å². The number of carbonyl (C=O) groups is 2. The number of ether oxygens (including phenoxy) is 2. The van der Waals surface area contributed by atoms with Crippen molar-refractivity contribution in [1.29, 1.82) is 0 Å². The smallest absolute Gasteiger partial charge is 0.331 e. The first kappa shape index (κ1) is 25.2. The van der Waals surface area contributed by atoms with Gasteiger partial charge in [0.2, 0.25) is 0 Å². The molecule has 7 heteroatoms. The van der Waals surface area contributed by atoms with Gasteiger partial charge in [0.15, 0.2) is 6.04 Å². The first-order chi connectivity index (χ1) is 16.5. The van der Waals surface area contributed by atoms with E-state index in [4.69, 9.17) is 4.74 Å². The van der Waals surface area contributed by atoms with Gasteiger partial charge < -0.3 is 19.9 Å². The SMILES string of the molecule is COC(=O)C(NC(=O)c1ccc(C#C/C=C\c2ccc(CN3CCOCC3)cc2)cc1)C(C)O. The van der Waals surface area contributed by atoms with Crippen molar-refractivity contribution < 1.29 is 24.2 Å². The van der Waals surface area contributed by atoms with Gasteiger partial charge in [-0.1, -0.05) is 36.1 Å². The molecule has 1 amide bonds. The maximum atomic E-state index is 12.4. The number of hydrogen-bond acceptors (Lipinski definition) is 6. The molecule has 1 saturated heterocycles. The summed E-state index contributed by atoms with van der Waals surface area (Å²) in [4.78, 5) is 26.4. The third-order valence-corrected chi connectivity index (χ3v) is 5.44. The number of hydrogen-bond donors (Lipinski definition) is 2. The molecule has 34 heavy (non-hydrogen) atoms. The Morgan fingerprint density at radius 3 is 2.44 bits per heavy atom. The van der Waals surface area contributed by atoms with Gasteiger partial charge in [-0.2, -0.15) is 0 Å². The molecule has 2 N–H and O–H groups in total. The molecule has 0 spiro atoms. The predicted molar refractivity (Wildman–Crippen MR) is 130 cm³/mol. The van der Waals surface area contributed by atoms with E-state index in [1.54, 1.807) is 30.3 Å². The molecule has 2 atom stereocenters. The fourth-order valence-electron chi connectivity index (χ4n) is 3.45. The lowest BCUT2D eigenvalue weighted by molar-refractivity contribution is -0.145. The second kappa shape index (κ2) is 12.7. The zero-order valence-corrected chi connectivity index (χ0v) is 19.5. The predicted octanol–water partition coefficient (Wildman–Crippen LogP) is 2.24. The molecule has 2 aromatic rings. The summed E-state index contributed by atoms with van der Waals surface area (Å²) in [6.45, 7) is 5.89. The molecule has 7 nitrogen and oxygen atoms in total. The molecule has 1 fully saturated rings. The first-order valence-electron chi connectivity index (χ1n) is 11.2. The number of nitrogens with one attached hydrogen (secondary N) is 1. The minimum Gasteiger partial charge on any atom is -0.467 e. The highest BCUT2D eigenvalue weighted by atomic mass is 16.5. The van der Waals surface area contributed by atoms with E-state index in [0.29, 0.717) is 5.56 Å². The standard InChI is InChI=1S/C27H30N2O5/c1-20(30)25(27(32)33-2)28-26(31)24-13-11-22(12-14-24)6-4-3-5-21-7-9-23(10-8-21)19-29-15-17-34-18-16-29/h3,5,7-14,20,25,30H,15-19H2,1-2H3,(H,28,31)/b5-3-. The van der Waals surface area contributed by atoms with E-state index < -0.39 is 24.0 Å². The normalized spacial score (nSPS) is 15.7. The molecule has 2 unspecified atom stereocenters. The van der Waals surface area contributed by atoms with Crippen molar-refractivity contribution >= 4 is 18.0 Å². The van der Waals surface area contributed by atoms with Crippen LogP contribution in [0.15, 0.2) is 54.6 Å². The van der Waals surface area contributed by atoms with Gasteiger partial charge in [-0.15, -0.1) is 0 Å². The fourth-order valence-corrected chi connectivity index (χ4v) is 3.45. The number of esters is 1. The number of allylic oxidation sites excluding steroid dienone is 1. The van der Waals surface area contributed by atoms with Crippen LogP contribution in [-0.4, -0.2) is 67.4 Å². The summed E-state index contributed by atoms with van der Waals surface area (Å²) in [6.07, 6.45) is 2.67. The topological polar surface area (TPSA) is 88.1 Å². The average Bonchev–Trinajstić information content (AvgIpc) is 2.86. The summed E-state index contributed by atoms with van der Waals surface area (Å²) < 4.78 is 10.00. The zero-order chi connectivity index (χ0) is 24.3. The Kier molecular flexibility index (Phi) is 9.41. The number of rotatable bonds is 7. The molecular weight excluding hydrogens is 432 g/mol. The van der Waals surface area contributed by atoms with Gasteiger partial charge in [-0.05, 0) is 54.5 Å². The van der Waals surface area contributed by atoms with Crippen molar-refractivity contribution in [1.82, 2.24) is 10.2 Å². The van der Waals surface area contributed by atoms with E-state index in [9.17, 15) is 14.7 Å². The highest BCUT2D eigenvalue weighted by Crippen LogP contribution is 2.10. The van der Waals surface area contributed by atoms with E-state index in [0.717, 1.165) is 44.0 Å². The van der Waals surface area contributed by atoms with Crippen LogP contribution in [0, 0.1) is 11.8 Å². The third-order valence-electron chi connectivity index (χ3n) is 5.44. The highest BCUT2D eigenvalue weighted by molar-refractivity contribution is 5.97. The molecule has 3 rings (SSSR count). The number of aliphatic hydroxyl groups is 1. The van der Waals surface area contributed by atoms with Crippen LogP contribution < -0.4 is 5.32 Å². The summed E-state index contributed by atoms with van der Waals surface area (Å²) in [5.41, 5.74) is 3.46. The third kappa shape index (κ3) is 7.56. The fraction of sp³-hybridized carbons (Fsp3) is 0.333. The van der Waals surface area contributed by atoms with Gasteiger partial charge in [-0.3, -0.25) is 9.69 Å². The van der Waals surface area contributed by atoms with Crippen molar-refractivity contribution in [3.8, 4) is 11.8 Å². The van der Waals surface area contributed by atoms with Gasteiger partial charge in [-0.25, -0.2) is 4.79 Å². The molecule has 2 aromatic carbocycles. The summed E-state index contributed by atoms with van der Waals surface area (Å²) >= 11 is 0. The molecule has 1 heterocycles. The van der Waals surface area contributed by atoms with Gasteiger partial charge in [0.25, 0.3) is 5.91 Å². The Bertz CT molecular complexity index is 1040. The molecule has 0 bridgehead atoms. The monoisotopic (exact) mass is 462 g/mol. The summed E-state index contributed by atoms with van der Waals surface area (Å²) in [5, 5.41) is 12.2. The van der Waals surface area contributed by atoms with E-state index >= 15 is 0 Å². The number of amides is 1. The molecule has 0 radical (unpaired) electrons. The largest absolute Gasteiger partial charge is 0.467 e. The van der Waals surface area contributed by atoms with Crippen LogP contribution in [0.25, 0.3) is 6.08 Å². The summed E-state index contributed by atoms with van der Waals surface area (Å²) in [5.74, 6) is 4.85. The van der Waals surface area contributed by atoms with Gasteiger partial charge in [0.1, 0.15) is 0 Å². The Labute approximate surface area is 200 Å². The Hall–Kier alpha value is -3.44. The van der Waals surface area contributed by atoms with E-state index in [-0.39, 0.29) is 0 Å². The molecule has 1 aliphatic rings. The van der Waals surface area contributed by atoms with Crippen molar-refractivity contribution in [3.05, 3.63) is 76.9 Å². The summed E-state index contributed by atoms with van der Waals surface area (Å²) in [7, 11) is 1.20. The van der Waals surface area contributed by atoms with Crippen LogP contribution in [-0.2, 0) is 20.8 Å². The lowest BCUT2D eigenvalue weighted by Gasteiger charge is -2.26. The number of carbonyl (C=O) groups excluding carboxylic acids is 2. The van der Waals surface area contributed by atoms with Crippen molar-refractivity contribution in [2.24, 2.45) is 0 Å². The maximum absolute atomic E-state index is 12.4. The van der Waals surface area contributed by atoms with Crippen LogP contribution in [0.4, 0.5) is 0 Å². The number of methoxy groups -OCH3 is 1. The number of aliphatic hydroxyl groups excluding tert-OH is 1. The van der Waals surface area contributed by atoms with E-state index in [1.807, 2.05) is 6.08 Å². The Balaban J connectivity index is 1.53. The average molecular weight is 463 g/mol. The Morgan fingerprint density at radius 1 is 1.15 bits per heavy atom. The number of nitrogens with zero attached hydrogens (tertiary/aromatic N) is 1. The van der Waals surface area contributed by atoms with Crippen molar-refractivity contribution in [2.75, 3.05) is 33.4 Å². The van der Waals surface area contributed by atoms with Crippen LogP contribution in [0.5, 0.6) is 0 Å². The maximum Gasteiger partial charge on any atom is 0.331 e. The lowest BCUT2D eigenvalue weighted by Crippen LogP contribution is -2.48. The van der Waals surface area contributed by atoms with Crippen LogP contribution >= 0.6 is 0 Å². The molecule has 0 aliphatic carbocycles. The minimum atomic E-state index is -1.13. The van der Waals surface area contributed by atoms with E-state index in [1.165, 1.54) is 19.6 Å². The van der Waals surface area contributed by atoms with Gasteiger partial charge >= 0.3 is 5.97 Å². The zero-order valence-electron chi connectivity index (χ0n) is 19.5. The van der Waals surface area contributed by atoms with Crippen molar-refractivity contribution in [3.63, 3.8) is 0 Å². The van der Waals surface area contributed by atoms with E-state index in [2.05, 4.69) is 51.1 Å². The second-order valence-corrected chi connectivity index (χ2v) is 8.03. The quantitative estimate of drug-likeness (QED) is 0.485. The van der Waals surface area contributed by atoms with Crippen LogP contribution in [0.2, 0.25) is 0 Å². The van der Waals surface area contributed by atoms with Gasteiger partial charge in [0, 0.05) is 30.8 Å². The number of benzene rings is 2. The van der Waals surface area contributed by atoms with Crippen LogP contribution in [0.1, 0.15) is 34.0 Å². The molecule has 1 aliphatic heterocycles. The van der Waals surface area contributed by atoms with Crippen molar-refractivity contribution in [2.45, 2.75) is 25.6 Å². The molecule has 0 saturated carbocycles.